The molecule has 0 saturated carbocycles. The van der Waals surface area contributed by atoms with Gasteiger partial charge >= 0.3 is 11.7 Å². The van der Waals surface area contributed by atoms with E-state index >= 15 is 0 Å². The Balaban J connectivity index is 2.34. The lowest BCUT2D eigenvalue weighted by molar-refractivity contribution is -0.124. The lowest BCUT2D eigenvalue weighted by Crippen LogP contribution is -2.47. The van der Waals surface area contributed by atoms with Gasteiger partial charge in [-0.1, -0.05) is 0 Å². The molecule has 2 aromatic heterocycles. The predicted molar refractivity (Wildman–Crippen MR) is 151 cm³/mol. The number of thiophene rings is 1. The van der Waals surface area contributed by atoms with Crippen molar-refractivity contribution in [2.24, 2.45) is 0 Å². The van der Waals surface area contributed by atoms with Crippen molar-refractivity contribution in [3.63, 3.8) is 0 Å². The highest BCUT2D eigenvalue weighted by atomic mass is 32.1. The van der Waals surface area contributed by atoms with E-state index in [4.69, 9.17) is 19.5 Å². The molecule has 0 spiro atoms. The van der Waals surface area contributed by atoms with Gasteiger partial charge in [0.05, 0.1) is 44.7 Å². The highest BCUT2D eigenvalue weighted by Gasteiger charge is 2.29. The number of methoxy groups -OCH3 is 1. The molecular formula is C28H33FN4O7S. The van der Waals surface area contributed by atoms with Gasteiger partial charge in [-0.05, 0) is 58.4 Å². The van der Waals surface area contributed by atoms with Gasteiger partial charge in [-0.3, -0.25) is 14.2 Å². The largest absolute Gasteiger partial charge is 0.496 e. The molecule has 220 valence electrons. The number of benzene rings is 1. The zero-order chi connectivity index (χ0) is 30.4. The summed E-state index contributed by atoms with van der Waals surface area (Å²) in [6.45, 7) is 7.96. The van der Waals surface area contributed by atoms with Crippen LogP contribution in [0, 0.1) is 24.1 Å². The Bertz CT molecular complexity index is 1600. The Morgan fingerprint density at radius 2 is 1.93 bits per heavy atom. The molecule has 41 heavy (non-hydrogen) atoms. The SMILES string of the molecule is CCOC(=O)c1sc2c(c1C)c(=O)n(C(C)C(=O)NC(C)C)c(=O)n2C[C@H](OCCC#N)c1cc(F)ccc1OC. The molecule has 3 rings (SSSR count). The minimum absolute atomic E-state index is 0.0233. The van der Waals surface area contributed by atoms with Crippen molar-refractivity contribution >= 4 is 33.4 Å². The fourth-order valence-electron chi connectivity index (χ4n) is 4.39. The van der Waals surface area contributed by atoms with Crippen LogP contribution in [0.15, 0.2) is 27.8 Å². The molecule has 0 radical (unpaired) electrons. The lowest BCUT2D eigenvalue weighted by atomic mass is 10.1. The Kier molecular flexibility index (Phi) is 10.4. The molecule has 1 N–H and O–H groups in total. The van der Waals surface area contributed by atoms with Gasteiger partial charge < -0.3 is 19.5 Å². The lowest BCUT2D eigenvalue weighted by Gasteiger charge is -2.23. The van der Waals surface area contributed by atoms with Gasteiger partial charge in [-0.15, -0.1) is 11.3 Å². The molecule has 0 bridgehead atoms. The van der Waals surface area contributed by atoms with E-state index in [0.29, 0.717) is 5.56 Å². The monoisotopic (exact) mass is 588 g/mol. The molecule has 1 aromatic carbocycles. The summed E-state index contributed by atoms with van der Waals surface area (Å²) in [6, 6.07) is 4.36. The second-order valence-corrected chi connectivity index (χ2v) is 10.5. The predicted octanol–water partition coefficient (Wildman–Crippen LogP) is 3.61. The third-order valence-electron chi connectivity index (χ3n) is 6.32. The van der Waals surface area contributed by atoms with E-state index in [1.807, 2.05) is 6.07 Å². The summed E-state index contributed by atoms with van der Waals surface area (Å²) in [5.74, 6) is -1.49. The first-order valence-electron chi connectivity index (χ1n) is 13.0. The molecule has 0 saturated heterocycles. The number of carbonyl (C=O) groups excluding carboxylic acids is 2. The summed E-state index contributed by atoms with van der Waals surface area (Å²) in [7, 11) is 1.40. The van der Waals surface area contributed by atoms with Gasteiger partial charge in [0, 0.05) is 11.6 Å². The number of nitrogens with one attached hydrogen (secondary N) is 1. The molecular weight excluding hydrogens is 555 g/mol. The van der Waals surface area contributed by atoms with Crippen LogP contribution >= 0.6 is 11.3 Å². The van der Waals surface area contributed by atoms with Crippen LogP contribution in [0.1, 0.15) is 67.1 Å². The average Bonchev–Trinajstić information content (AvgIpc) is 3.27. The van der Waals surface area contributed by atoms with Crippen LogP contribution in [-0.4, -0.2) is 47.4 Å². The molecule has 11 nitrogen and oxygen atoms in total. The first-order chi connectivity index (χ1) is 19.5. The third-order valence-corrected chi connectivity index (χ3v) is 7.62. The summed E-state index contributed by atoms with van der Waals surface area (Å²) in [5.41, 5.74) is -0.984. The highest BCUT2D eigenvalue weighted by Crippen LogP contribution is 2.33. The number of ether oxygens (including phenoxy) is 3. The zero-order valence-corrected chi connectivity index (χ0v) is 24.6. The van der Waals surface area contributed by atoms with E-state index in [9.17, 15) is 23.6 Å². The number of fused-ring (bicyclic) bond motifs is 1. The second-order valence-electron chi connectivity index (χ2n) is 9.52. The van der Waals surface area contributed by atoms with Gasteiger partial charge in [-0.2, -0.15) is 5.26 Å². The molecule has 0 aliphatic heterocycles. The number of esters is 1. The Morgan fingerprint density at radius 3 is 2.54 bits per heavy atom. The number of aromatic nitrogens is 2. The molecule has 2 atom stereocenters. The topological polar surface area (TPSA) is 142 Å². The number of amides is 1. The van der Waals surface area contributed by atoms with Gasteiger partial charge in [0.25, 0.3) is 5.56 Å². The maximum Gasteiger partial charge on any atom is 0.348 e. The maximum atomic E-state index is 14.4. The highest BCUT2D eigenvalue weighted by molar-refractivity contribution is 7.20. The van der Waals surface area contributed by atoms with E-state index < -0.39 is 41.1 Å². The number of nitrogens with zero attached hydrogens (tertiary/aromatic N) is 3. The Labute approximate surface area is 240 Å². The van der Waals surface area contributed by atoms with Crippen molar-refractivity contribution in [3.8, 4) is 11.8 Å². The number of carbonyl (C=O) groups is 2. The summed E-state index contributed by atoms with van der Waals surface area (Å²) in [4.78, 5) is 53.7. The number of nitriles is 1. The third kappa shape index (κ3) is 6.66. The minimum atomic E-state index is -1.19. The summed E-state index contributed by atoms with van der Waals surface area (Å²) >= 11 is 0.906. The number of halogens is 1. The summed E-state index contributed by atoms with van der Waals surface area (Å²) in [5, 5.41) is 11.8. The Morgan fingerprint density at radius 1 is 1.22 bits per heavy atom. The van der Waals surface area contributed by atoms with Crippen molar-refractivity contribution in [2.45, 2.75) is 65.8 Å². The first kappa shape index (κ1) is 31.5. The number of hydrogen-bond donors (Lipinski definition) is 1. The van der Waals surface area contributed by atoms with E-state index in [-0.39, 0.29) is 58.6 Å². The van der Waals surface area contributed by atoms with Crippen LogP contribution in [0.4, 0.5) is 4.39 Å². The van der Waals surface area contributed by atoms with Crippen molar-refractivity contribution in [3.05, 3.63) is 60.9 Å². The van der Waals surface area contributed by atoms with Gasteiger partial charge in [0.15, 0.2) is 0 Å². The summed E-state index contributed by atoms with van der Waals surface area (Å²) in [6.07, 6.45) is -0.982. The fourth-order valence-corrected chi connectivity index (χ4v) is 5.59. The molecule has 13 heteroatoms. The average molecular weight is 589 g/mol. The maximum absolute atomic E-state index is 14.4. The summed E-state index contributed by atoms with van der Waals surface area (Å²) < 4.78 is 33.0. The van der Waals surface area contributed by atoms with Gasteiger partial charge in [-0.25, -0.2) is 18.5 Å². The van der Waals surface area contributed by atoms with Crippen LogP contribution in [0.2, 0.25) is 0 Å². The van der Waals surface area contributed by atoms with Crippen molar-refractivity contribution in [1.29, 1.82) is 5.26 Å². The van der Waals surface area contributed by atoms with Crippen molar-refractivity contribution in [1.82, 2.24) is 14.5 Å². The Hall–Kier alpha value is -4.02. The van der Waals surface area contributed by atoms with Gasteiger partial charge in [0.2, 0.25) is 5.91 Å². The van der Waals surface area contributed by atoms with Crippen molar-refractivity contribution in [2.75, 3.05) is 20.3 Å². The molecule has 1 unspecified atom stereocenters. The molecule has 0 aliphatic rings. The number of rotatable bonds is 12. The van der Waals surface area contributed by atoms with E-state index in [2.05, 4.69) is 5.32 Å². The number of hydrogen-bond acceptors (Lipinski definition) is 9. The molecule has 0 aliphatic carbocycles. The van der Waals surface area contributed by atoms with Crippen LogP contribution in [0.3, 0.4) is 0 Å². The first-order valence-corrected chi connectivity index (χ1v) is 13.9. The van der Waals surface area contributed by atoms with E-state index in [1.165, 1.54) is 36.8 Å². The number of aryl methyl sites for hydroxylation is 1. The fraction of sp³-hybridized carbons (Fsp3) is 0.464. The standard InChI is InChI=1S/C28H33FN4O7S/c1-7-39-27(36)23-16(4)22-25(35)33(17(5)24(34)31-15(2)3)28(37)32(26(22)41-23)14-21(40-12-8-11-30)19-13-18(29)9-10-20(19)38-6/h9-10,13,15,17,21H,7-8,12,14H2,1-6H3,(H,31,34)/t17?,21-/m0/s1. The molecule has 1 amide bonds. The normalized spacial score (nSPS) is 12.7. The molecule has 0 fully saturated rings. The molecule has 3 aromatic rings. The van der Waals surface area contributed by atoms with E-state index in [0.717, 1.165) is 15.9 Å². The van der Waals surface area contributed by atoms with Crippen LogP contribution in [-0.2, 0) is 20.8 Å². The van der Waals surface area contributed by atoms with Gasteiger partial charge in [0.1, 0.15) is 33.4 Å². The second kappa shape index (κ2) is 13.6. The van der Waals surface area contributed by atoms with E-state index in [1.54, 1.807) is 27.7 Å². The van der Waals surface area contributed by atoms with Crippen LogP contribution in [0.5, 0.6) is 5.75 Å². The quantitative estimate of drug-likeness (QED) is 0.250. The van der Waals surface area contributed by atoms with Crippen LogP contribution < -0.4 is 21.3 Å². The molecule has 2 heterocycles. The minimum Gasteiger partial charge on any atom is -0.496 e. The smallest absolute Gasteiger partial charge is 0.348 e. The van der Waals surface area contributed by atoms with Crippen molar-refractivity contribution < 1.29 is 28.2 Å². The zero-order valence-electron chi connectivity index (χ0n) is 23.8. The van der Waals surface area contributed by atoms with Crippen LogP contribution in [0.25, 0.3) is 10.2 Å².